The summed E-state index contributed by atoms with van der Waals surface area (Å²) in [5, 5.41) is 0.716. The molecule has 4 aromatic carbocycles. The number of hydrogen-bond donors (Lipinski definition) is 1. The molecule has 9 heteroatoms. The van der Waals surface area contributed by atoms with Crippen LogP contribution in [0, 0.1) is 0 Å². The Morgan fingerprint density at radius 1 is 0.829 bits per heavy atom. The van der Waals surface area contributed by atoms with Gasteiger partial charge in [-0.1, -0.05) is 77.8 Å². The molecule has 2 aliphatic heterocycles. The van der Waals surface area contributed by atoms with Gasteiger partial charge in [0.2, 0.25) is 0 Å². The highest BCUT2D eigenvalue weighted by Crippen LogP contribution is 2.43. The summed E-state index contributed by atoms with van der Waals surface area (Å²) in [4.78, 5) is 43.9. The molecular formula is C32H26Cl2N4O3. The average molecular weight is 585 g/mol. The van der Waals surface area contributed by atoms with E-state index in [1.165, 1.54) is 9.80 Å². The van der Waals surface area contributed by atoms with Gasteiger partial charge in [0.25, 0.3) is 5.91 Å². The standard InChI is InChI=1S/C32H26Cl2N4O3/c33-24-17-25(34)19-28(18-24)38-29(39)32(14-5-15-36(32)31(38)41)20-21-10-12-22(13-11-21)23-6-4-9-27(16-23)37(30(35)40)26-7-2-1-3-8-26/h1-4,6-13,16-19H,5,14-15,20H2,(H2,35,40). The van der Waals surface area contributed by atoms with Crippen LogP contribution in [0.1, 0.15) is 18.4 Å². The Kier molecular flexibility index (Phi) is 6.93. The minimum Gasteiger partial charge on any atom is -0.351 e. The van der Waals surface area contributed by atoms with Crippen LogP contribution in [0.25, 0.3) is 11.1 Å². The second-order valence-corrected chi connectivity index (χ2v) is 11.1. The van der Waals surface area contributed by atoms with Gasteiger partial charge in [0.1, 0.15) is 5.54 Å². The second-order valence-electron chi connectivity index (χ2n) is 10.3. The van der Waals surface area contributed by atoms with Gasteiger partial charge in [-0.2, -0.15) is 0 Å². The van der Waals surface area contributed by atoms with Crippen LogP contribution in [0.2, 0.25) is 10.0 Å². The predicted octanol–water partition coefficient (Wildman–Crippen LogP) is 7.42. The lowest BCUT2D eigenvalue weighted by atomic mass is 9.87. The van der Waals surface area contributed by atoms with Gasteiger partial charge < -0.3 is 10.6 Å². The number of fused-ring (bicyclic) bond motifs is 1. The third kappa shape index (κ3) is 4.81. The van der Waals surface area contributed by atoms with E-state index in [1.807, 2.05) is 78.9 Å². The van der Waals surface area contributed by atoms with Crippen molar-refractivity contribution in [1.29, 1.82) is 0 Å². The molecular weight excluding hydrogens is 559 g/mol. The number of benzene rings is 4. The number of amides is 5. The first-order chi connectivity index (χ1) is 19.8. The smallest absolute Gasteiger partial charge is 0.332 e. The molecule has 4 aromatic rings. The molecule has 41 heavy (non-hydrogen) atoms. The Balaban J connectivity index is 1.27. The lowest BCUT2D eigenvalue weighted by Crippen LogP contribution is -2.47. The van der Waals surface area contributed by atoms with Gasteiger partial charge in [-0.15, -0.1) is 0 Å². The first kappa shape index (κ1) is 26.9. The molecule has 2 saturated heterocycles. The SMILES string of the molecule is NC(=O)N(c1ccccc1)c1cccc(-c2ccc(CC34CCCN3C(=O)N(c3cc(Cl)cc(Cl)c3)C4=O)cc2)c1. The quantitative estimate of drug-likeness (QED) is 0.239. The van der Waals surface area contributed by atoms with Crippen LogP contribution in [0.5, 0.6) is 0 Å². The van der Waals surface area contributed by atoms with E-state index < -0.39 is 11.6 Å². The number of carbonyl (C=O) groups is 3. The highest BCUT2D eigenvalue weighted by Gasteiger charge is 2.59. The van der Waals surface area contributed by atoms with Gasteiger partial charge in [-0.3, -0.25) is 9.69 Å². The van der Waals surface area contributed by atoms with Crippen molar-refractivity contribution in [2.75, 3.05) is 16.3 Å². The molecule has 0 bridgehead atoms. The number of para-hydroxylation sites is 1. The van der Waals surface area contributed by atoms with Crippen LogP contribution >= 0.6 is 23.2 Å². The van der Waals surface area contributed by atoms with Crippen molar-refractivity contribution in [3.8, 4) is 11.1 Å². The number of primary amides is 1. The average Bonchev–Trinajstić information content (AvgIpc) is 3.46. The maximum atomic E-state index is 13.8. The number of imide groups is 1. The van der Waals surface area contributed by atoms with Crippen LogP contribution in [-0.4, -0.2) is 35.0 Å². The molecule has 0 aromatic heterocycles. The van der Waals surface area contributed by atoms with Gasteiger partial charge in [-0.05, 0) is 72.0 Å². The van der Waals surface area contributed by atoms with Crippen molar-refractivity contribution in [3.05, 3.63) is 113 Å². The maximum Gasteiger partial charge on any atom is 0.332 e. The number of urea groups is 2. The fourth-order valence-electron chi connectivity index (χ4n) is 5.91. The zero-order chi connectivity index (χ0) is 28.7. The zero-order valence-corrected chi connectivity index (χ0v) is 23.5. The summed E-state index contributed by atoms with van der Waals surface area (Å²) in [6, 6.07) is 28.6. The normalized spacial score (nSPS) is 18.1. The second kappa shape index (κ2) is 10.6. The van der Waals surface area contributed by atoms with Gasteiger partial charge >= 0.3 is 12.1 Å². The van der Waals surface area contributed by atoms with E-state index in [1.54, 1.807) is 23.1 Å². The van der Waals surface area contributed by atoms with Crippen molar-refractivity contribution >= 4 is 58.2 Å². The predicted molar refractivity (Wildman–Crippen MR) is 162 cm³/mol. The van der Waals surface area contributed by atoms with E-state index in [4.69, 9.17) is 28.9 Å². The van der Waals surface area contributed by atoms with Crippen LogP contribution in [0.3, 0.4) is 0 Å². The molecule has 5 amide bonds. The van der Waals surface area contributed by atoms with Crippen molar-refractivity contribution in [2.24, 2.45) is 5.73 Å². The topological polar surface area (TPSA) is 87.0 Å². The van der Waals surface area contributed by atoms with E-state index in [0.29, 0.717) is 46.5 Å². The fraction of sp³-hybridized carbons (Fsp3) is 0.156. The molecule has 0 radical (unpaired) electrons. The number of nitrogens with two attached hydrogens (primary N) is 1. The van der Waals surface area contributed by atoms with E-state index in [9.17, 15) is 14.4 Å². The number of halogens is 2. The van der Waals surface area contributed by atoms with Gasteiger partial charge in [0.05, 0.1) is 17.1 Å². The van der Waals surface area contributed by atoms with Crippen molar-refractivity contribution in [1.82, 2.24) is 4.90 Å². The summed E-state index contributed by atoms with van der Waals surface area (Å²) in [5.41, 5.74) is 9.27. The Bertz CT molecular complexity index is 1640. The zero-order valence-electron chi connectivity index (χ0n) is 22.0. The summed E-state index contributed by atoms with van der Waals surface area (Å²) >= 11 is 12.4. The van der Waals surface area contributed by atoms with Gasteiger partial charge in [-0.25, -0.2) is 14.5 Å². The lowest BCUT2D eigenvalue weighted by Gasteiger charge is -2.28. The molecule has 2 fully saturated rings. The van der Waals surface area contributed by atoms with Crippen molar-refractivity contribution in [2.45, 2.75) is 24.8 Å². The number of nitrogens with zero attached hydrogens (tertiary/aromatic N) is 3. The molecule has 1 atom stereocenters. The van der Waals surface area contributed by atoms with Gasteiger partial charge in [0, 0.05) is 23.0 Å². The molecule has 0 spiro atoms. The number of anilines is 3. The highest BCUT2D eigenvalue weighted by molar-refractivity contribution is 6.35. The maximum absolute atomic E-state index is 13.8. The Morgan fingerprint density at radius 3 is 2.20 bits per heavy atom. The van der Waals surface area contributed by atoms with Crippen molar-refractivity contribution < 1.29 is 14.4 Å². The molecule has 2 N–H and O–H groups in total. The Labute approximate surface area is 247 Å². The molecule has 2 heterocycles. The van der Waals surface area contributed by atoms with Crippen molar-refractivity contribution in [3.63, 3.8) is 0 Å². The number of carbonyl (C=O) groups excluding carboxylic acids is 3. The molecule has 0 saturated carbocycles. The largest absolute Gasteiger partial charge is 0.351 e. The molecule has 2 aliphatic rings. The lowest BCUT2D eigenvalue weighted by molar-refractivity contribution is -0.123. The van der Waals surface area contributed by atoms with Crippen LogP contribution in [-0.2, 0) is 11.2 Å². The number of hydrogen-bond acceptors (Lipinski definition) is 3. The van der Waals surface area contributed by atoms with E-state index in [2.05, 4.69) is 0 Å². The summed E-state index contributed by atoms with van der Waals surface area (Å²) in [6.45, 7) is 0.512. The first-order valence-corrected chi connectivity index (χ1v) is 14.0. The third-order valence-corrected chi connectivity index (χ3v) is 8.18. The van der Waals surface area contributed by atoms with E-state index >= 15 is 0 Å². The minimum atomic E-state index is -0.953. The monoisotopic (exact) mass is 584 g/mol. The number of rotatable bonds is 6. The Hall–Kier alpha value is -4.33. The summed E-state index contributed by atoms with van der Waals surface area (Å²) in [5.74, 6) is -0.262. The first-order valence-electron chi connectivity index (χ1n) is 13.2. The minimum absolute atomic E-state index is 0.262. The fourth-order valence-corrected chi connectivity index (χ4v) is 6.42. The third-order valence-electron chi connectivity index (χ3n) is 7.74. The Morgan fingerprint density at radius 2 is 1.51 bits per heavy atom. The van der Waals surface area contributed by atoms with E-state index in [0.717, 1.165) is 23.1 Å². The van der Waals surface area contributed by atoms with Gasteiger partial charge in [0.15, 0.2) is 0 Å². The van der Waals surface area contributed by atoms with Crippen LogP contribution in [0.15, 0.2) is 97.1 Å². The summed E-state index contributed by atoms with van der Waals surface area (Å²) < 4.78 is 0. The van der Waals surface area contributed by atoms with Crippen LogP contribution in [0.4, 0.5) is 26.7 Å². The van der Waals surface area contributed by atoms with Crippen LogP contribution < -0.4 is 15.5 Å². The molecule has 1 unspecified atom stereocenters. The summed E-state index contributed by atoms with van der Waals surface area (Å²) in [6.07, 6.45) is 1.73. The molecule has 7 nitrogen and oxygen atoms in total. The highest BCUT2D eigenvalue weighted by atomic mass is 35.5. The summed E-state index contributed by atoms with van der Waals surface area (Å²) in [7, 11) is 0. The molecule has 206 valence electrons. The van der Waals surface area contributed by atoms with E-state index in [-0.39, 0.29) is 11.9 Å². The molecule has 6 rings (SSSR count). The molecule has 0 aliphatic carbocycles.